The number of para-hydroxylation sites is 1. The molecule has 2 amide bonds. The number of nitrogens with one attached hydrogen (secondary N) is 1. The molecule has 1 atom stereocenters. The number of hydrogen-bond acceptors (Lipinski definition) is 4. The Morgan fingerprint density at radius 3 is 2.60 bits per heavy atom. The summed E-state index contributed by atoms with van der Waals surface area (Å²) in [6.45, 7) is 0.339. The van der Waals surface area contributed by atoms with E-state index >= 15 is 0 Å². The molecule has 1 saturated heterocycles. The zero-order valence-electron chi connectivity index (χ0n) is 13.8. The Balaban J connectivity index is 1.68. The van der Waals surface area contributed by atoms with Crippen LogP contribution in [0.4, 0.5) is 11.4 Å². The Kier molecular flexibility index (Phi) is 4.79. The van der Waals surface area contributed by atoms with Gasteiger partial charge in [-0.25, -0.2) is 4.79 Å². The van der Waals surface area contributed by atoms with Crippen LogP contribution < -0.4 is 10.2 Å². The number of carbonyl (C=O) groups is 3. The zero-order chi connectivity index (χ0) is 17.8. The van der Waals surface area contributed by atoms with E-state index in [1.807, 2.05) is 30.3 Å². The number of methoxy groups -OCH3 is 1. The van der Waals surface area contributed by atoms with Crippen molar-refractivity contribution in [1.29, 1.82) is 0 Å². The van der Waals surface area contributed by atoms with Crippen LogP contribution in [0.3, 0.4) is 0 Å². The normalized spacial score (nSPS) is 16.6. The first-order chi connectivity index (χ1) is 12.1. The van der Waals surface area contributed by atoms with Crippen LogP contribution in [0, 0.1) is 5.92 Å². The lowest BCUT2D eigenvalue weighted by atomic mass is 10.1. The first kappa shape index (κ1) is 16.7. The molecule has 6 nitrogen and oxygen atoms in total. The number of carbonyl (C=O) groups excluding carboxylic acids is 3. The fraction of sp³-hybridized carbons (Fsp3) is 0.211. The quantitative estimate of drug-likeness (QED) is 0.869. The molecular weight excluding hydrogens is 320 g/mol. The maximum absolute atomic E-state index is 12.5. The molecule has 0 saturated carbocycles. The molecule has 0 unspecified atom stereocenters. The molecule has 1 aliphatic rings. The lowest BCUT2D eigenvalue weighted by Crippen LogP contribution is -2.28. The van der Waals surface area contributed by atoms with Gasteiger partial charge in [-0.15, -0.1) is 0 Å². The molecule has 0 aromatic heterocycles. The summed E-state index contributed by atoms with van der Waals surface area (Å²) >= 11 is 0. The molecule has 6 heteroatoms. The predicted octanol–water partition coefficient (Wildman–Crippen LogP) is 2.46. The monoisotopic (exact) mass is 338 g/mol. The third-order valence-corrected chi connectivity index (χ3v) is 4.11. The van der Waals surface area contributed by atoms with Crippen molar-refractivity contribution in [2.24, 2.45) is 5.92 Å². The highest BCUT2D eigenvalue weighted by atomic mass is 16.5. The van der Waals surface area contributed by atoms with E-state index in [1.165, 1.54) is 7.11 Å². The van der Waals surface area contributed by atoms with Crippen LogP contribution in [0.15, 0.2) is 54.6 Å². The summed E-state index contributed by atoms with van der Waals surface area (Å²) in [7, 11) is 1.30. The maximum atomic E-state index is 12.5. The van der Waals surface area contributed by atoms with Crippen LogP contribution in [0.25, 0.3) is 0 Å². The van der Waals surface area contributed by atoms with E-state index in [0.29, 0.717) is 17.8 Å². The molecule has 0 aliphatic carbocycles. The van der Waals surface area contributed by atoms with Gasteiger partial charge in [-0.2, -0.15) is 0 Å². The van der Waals surface area contributed by atoms with Gasteiger partial charge in [0.25, 0.3) is 0 Å². The van der Waals surface area contributed by atoms with Gasteiger partial charge in [-0.05, 0) is 30.3 Å². The molecule has 1 heterocycles. The summed E-state index contributed by atoms with van der Waals surface area (Å²) in [6.07, 6.45) is 0.164. The molecule has 0 radical (unpaired) electrons. The molecular formula is C19H18N2O4. The SMILES string of the molecule is COC(=O)c1cccc(NC(=O)[C@@H]2CC(=O)N(c3ccccc3)C2)c1. The van der Waals surface area contributed by atoms with Crippen LogP contribution in [-0.2, 0) is 14.3 Å². The Morgan fingerprint density at radius 1 is 1.12 bits per heavy atom. The van der Waals surface area contributed by atoms with E-state index in [9.17, 15) is 14.4 Å². The minimum absolute atomic E-state index is 0.0744. The minimum atomic E-state index is -0.470. The average Bonchev–Trinajstić information content (AvgIpc) is 3.04. The Hall–Kier alpha value is -3.15. The summed E-state index contributed by atoms with van der Waals surface area (Å²) in [5.74, 6) is -1.22. The van der Waals surface area contributed by atoms with E-state index in [0.717, 1.165) is 5.69 Å². The van der Waals surface area contributed by atoms with E-state index in [-0.39, 0.29) is 18.2 Å². The van der Waals surface area contributed by atoms with E-state index in [1.54, 1.807) is 29.2 Å². The number of ether oxygens (including phenoxy) is 1. The lowest BCUT2D eigenvalue weighted by molar-refractivity contribution is -0.122. The Morgan fingerprint density at radius 2 is 1.88 bits per heavy atom. The molecule has 1 aliphatic heterocycles. The van der Waals surface area contributed by atoms with Crippen LogP contribution in [0.2, 0.25) is 0 Å². The van der Waals surface area contributed by atoms with Gasteiger partial charge in [0, 0.05) is 24.3 Å². The smallest absolute Gasteiger partial charge is 0.337 e. The molecule has 25 heavy (non-hydrogen) atoms. The standard InChI is InChI=1S/C19H18N2O4/c1-25-19(24)13-6-5-7-15(10-13)20-18(23)14-11-17(22)21(12-14)16-8-3-2-4-9-16/h2-10,14H,11-12H2,1H3,(H,20,23)/t14-/m1/s1. The highest BCUT2D eigenvalue weighted by molar-refractivity contribution is 6.03. The van der Waals surface area contributed by atoms with Crippen LogP contribution in [-0.4, -0.2) is 31.4 Å². The van der Waals surface area contributed by atoms with Crippen molar-refractivity contribution in [3.8, 4) is 0 Å². The first-order valence-corrected chi connectivity index (χ1v) is 7.93. The van der Waals surface area contributed by atoms with E-state index in [2.05, 4.69) is 10.1 Å². The van der Waals surface area contributed by atoms with Crippen molar-refractivity contribution in [3.63, 3.8) is 0 Å². The number of hydrogen-bond donors (Lipinski definition) is 1. The number of nitrogens with zero attached hydrogens (tertiary/aromatic N) is 1. The van der Waals surface area contributed by atoms with Crippen molar-refractivity contribution in [2.75, 3.05) is 23.9 Å². The second kappa shape index (κ2) is 7.17. The molecule has 1 fully saturated rings. The third-order valence-electron chi connectivity index (χ3n) is 4.11. The minimum Gasteiger partial charge on any atom is -0.465 e. The van der Waals surface area contributed by atoms with Gasteiger partial charge in [0.1, 0.15) is 0 Å². The molecule has 1 N–H and O–H groups in total. The van der Waals surface area contributed by atoms with Gasteiger partial charge in [-0.1, -0.05) is 24.3 Å². The van der Waals surface area contributed by atoms with Gasteiger partial charge in [0.2, 0.25) is 11.8 Å². The van der Waals surface area contributed by atoms with E-state index < -0.39 is 11.9 Å². The molecule has 2 aromatic rings. The van der Waals surface area contributed by atoms with Crippen molar-refractivity contribution >= 4 is 29.2 Å². The van der Waals surface area contributed by atoms with Crippen molar-refractivity contribution in [1.82, 2.24) is 0 Å². The van der Waals surface area contributed by atoms with Crippen molar-refractivity contribution in [3.05, 3.63) is 60.2 Å². The Labute approximate surface area is 145 Å². The molecule has 0 bridgehead atoms. The Bertz CT molecular complexity index is 804. The van der Waals surface area contributed by atoms with Gasteiger partial charge in [0.15, 0.2) is 0 Å². The summed E-state index contributed by atoms with van der Waals surface area (Å²) in [4.78, 5) is 37.9. The fourth-order valence-corrected chi connectivity index (χ4v) is 2.83. The number of esters is 1. The van der Waals surface area contributed by atoms with Crippen molar-refractivity contribution in [2.45, 2.75) is 6.42 Å². The second-order valence-electron chi connectivity index (χ2n) is 5.80. The summed E-state index contributed by atoms with van der Waals surface area (Å²) < 4.78 is 4.67. The number of rotatable bonds is 4. The van der Waals surface area contributed by atoms with Gasteiger partial charge in [0.05, 0.1) is 18.6 Å². The number of amides is 2. The molecule has 128 valence electrons. The molecule has 3 rings (SSSR count). The predicted molar refractivity (Wildman–Crippen MR) is 93.3 cm³/mol. The zero-order valence-corrected chi connectivity index (χ0v) is 13.8. The second-order valence-corrected chi connectivity index (χ2v) is 5.80. The van der Waals surface area contributed by atoms with Crippen LogP contribution in [0.5, 0.6) is 0 Å². The largest absolute Gasteiger partial charge is 0.465 e. The maximum Gasteiger partial charge on any atom is 0.337 e. The first-order valence-electron chi connectivity index (χ1n) is 7.93. The summed E-state index contributed by atoms with van der Waals surface area (Å²) in [6, 6.07) is 15.8. The molecule has 2 aromatic carbocycles. The van der Waals surface area contributed by atoms with Gasteiger partial charge >= 0.3 is 5.97 Å². The number of benzene rings is 2. The summed E-state index contributed by atoms with van der Waals surface area (Å²) in [5.41, 5.74) is 1.64. The number of anilines is 2. The fourth-order valence-electron chi connectivity index (χ4n) is 2.83. The highest BCUT2D eigenvalue weighted by Gasteiger charge is 2.35. The van der Waals surface area contributed by atoms with E-state index in [4.69, 9.17) is 0 Å². The van der Waals surface area contributed by atoms with Crippen LogP contribution >= 0.6 is 0 Å². The van der Waals surface area contributed by atoms with Crippen LogP contribution in [0.1, 0.15) is 16.8 Å². The highest BCUT2D eigenvalue weighted by Crippen LogP contribution is 2.26. The topological polar surface area (TPSA) is 75.7 Å². The average molecular weight is 338 g/mol. The van der Waals surface area contributed by atoms with Gasteiger partial charge in [-0.3, -0.25) is 9.59 Å². The lowest BCUT2D eigenvalue weighted by Gasteiger charge is -2.16. The molecule has 0 spiro atoms. The van der Waals surface area contributed by atoms with Gasteiger partial charge < -0.3 is 15.0 Å². The third kappa shape index (κ3) is 3.68. The summed E-state index contributed by atoms with van der Waals surface area (Å²) in [5, 5.41) is 2.77. The van der Waals surface area contributed by atoms with Crippen molar-refractivity contribution < 1.29 is 19.1 Å².